The van der Waals surface area contributed by atoms with E-state index in [2.05, 4.69) is 20.9 Å². The number of hydrogen-bond acceptors (Lipinski definition) is 12. The van der Waals surface area contributed by atoms with E-state index >= 15 is 0 Å². The number of amides is 3. The van der Waals surface area contributed by atoms with Crippen molar-refractivity contribution < 1.29 is 33.7 Å². The number of nitrogens with two attached hydrogens (primary N) is 1. The zero-order valence-corrected chi connectivity index (χ0v) is 24.0. The van der Waals surface area contributed by atoms with Gasteiger partial charge in [-0.1, -0.05) is 6.08 Å². The van der Waals surface area contributed by atoms with Crippen LogP contribution in [0.15, 0.2) is 28.8 Å². The molecular weight excluding hydrogens is 546 g/mol. The number of imide groups is 1. The van der Waals surface area contributed by atoms with Gasteiger partial charge in [-0.3, -0.25) is 29.6 Å². The molecule has 230 valence electrons. The molecule has 3 heterocycles. The van der Waals surface area contributed by atoms with Crippen molar-refractivity contribution in [1.82, 2.24) is 15.1 Å². The van der Waals surface area contributed by atoms with E-state index in [-0.39, 0.29) is 31.5 Å². The molecule has 0 aromatic heterocycles. The van der Waals surface area contributed by atoms with Crippen LogP contribution in [-0.4, -0.2) is 118 Å². The number of nitrogens with zero attached hydrogens (tertiary/aromatic N) is 3. The Morgan fingerprint density at radius 1 is 1.17 bits per heavy atom. The van der Waals surface area contributed by atoms with Gasteiger partial charge in [-0.15, -0.1) is 0 Å². The molecule has 0 aliphatic carbocycles. The van der Waals surface area contributed by atoms with Crippen LogP contribution in [0.4, 0.5) is 11.4 Å². The van der Waals surface area contributed by atoms with Crippen LogP contribution in [0.1, 0.15) is 30.2 Å². The number of hydrogen-bond donors (Lipinski definition) is 5. The van der Waals surface area contributed by atoms with Gasteiger partial charge in [-0.25, -0.2) is 0 Å². The smallest absolute Gasteiger partial charge is 0.244 e. The number of carbonyl (C=O) groups is 3. The number of piperidine rings is 1. The molecule has 3 aliphatic heterocycles. The fraction of sp³-hybridized carbons (Fsp3) is 0.571. The molecule has 0 bridgehead atoms. The second kappa shape index (κ2) is 15.7. The van der Waals surface area contributed by atoms with Crippen LogP contribution in [0.3, 0.4) is 0 Å². The number of carbonyl (C=O) groups excluding carboxylic acids is 3. The number of ether oxygens (including phenoxy) is 3. The Bertz CT molecular complexity index is 1180. The van der Waals surface area contributed by atoms with Crippen LogP contribution >= 0.6 is 0 Å². The summed E-state index contributed by atoms with van der Waals surface area (Å²) in [5.74, 6) is -0.814. The Kier molecular flexibility index (Phi) is 11.8. The normalized spacial score (nSPS) is 19.9. The van der Waals surface area contributed by atoms with Gasteiger partial charge in [0.25, 0.3) is 0 Å². The van der Waals surface area contributed by atoms with E-state index in [9.17, 15) is 19.5 Å². The highest BCUT2D eigenvalue weighted by Gasteiger charge is 2.40. The molecule has 0 saturated carbocycles. The maximum absolute atomic E-state index is 12.8. The number of anilines is 2. The van der Waals surface area contributed by atoms with E-state index < -0.39 is 18.2 Å². The fourth-order valence-electron chi connectivity index (χ4n) is 5.04. The first kappa shape index (κ1) is 31.5. The Hall–Kier alpha value is -3.40. The highest BCUT2D eigenvalue weighted by Crippen LogP contribution is 2.40. The summed E-state index contributed by atoms with van der Waals surface area (Å²) in [6, 6.07) is 3.06. The molecule has 1 fully saturated rings. The van der Waals surface area contributed by atoms with Crippen LogP contribution in [0, 0.1) is 0 Å². The van der Waals surface area contributed by atoms with Crippen molar-refractivity contribution in [3.8, 4) is 0 Å². The Morgan fingerprint density at radius 2 is 1.93 bits per heavy atom. The monoisotopic (exact) mass is 587 g/mol. The second-order valence-electron chi connectivity index (χ2n) is 10.2. The molecule has 2 unspecified atom stereocenters. The molecule has 3 aliphatic rings. The molecule has 1 aromatic rings. The summed E-state index contributed by atoms with van der Waals surface area (Å²) in [5.41, 5.74) is 9.16. The highest BCUT2D eigenvalue weighted by molar-refractivity contribution is 6.00. The van der Waals surface area contributed by atoms with Gasteiger partial charge in [0.1, 0.15) is 6.23 Å². The molecule has 1 aromatic carbocycles. The van der Waals surface area contributed by atoms with Gasteiger partial charge in [0.05, 0.1) is 58.9 Å². The van der Waals surface area contributed by atoms with Crippen molar-refractivity contribution in [1.29, 1.82) is 0 Å². The van der Waals surface area contributed by atoms with Gasteiger partial charge in [0.2, 0.25) is 17.7 Å². The van der Waals surface area contributed by atoms with Gasteiger partial charge in [0, 0.05) is 56.3 Å². The number of aliphatic hydroxyl groups excluding tert-OH is 1. The average Bonchev–Trinajstić information content (AvgIpc) is 3.60. The van der Waals surface area contributed by atoms with Crippen LogP contribution in [-0.2, 0) is 35.1 Å². The van der Waals surface area contributed by atoms with Gasteiger partial charge in [0.15, 0.2) is 0 Å². The van der Waals surface area contributed by atoms with Gasteiger partial charge in [-0.2, -0.15) is 0 Å². The van der Waals surface area contributed by atoms with Crippen molar-refractivity contribution in [2.75, 3.05) is 83.6 Å². The van der Waals surface area contributed by atoms with Crippen molar-refractivity contribution >= 4 is 35.3 Å². The van der Waals surface area contributed by atoms with Gasteiger partial charge in [-0.05, 0) is 29.7 Å². The Morgan fingerprint density at radius 3 is 2.64 bits per heavy atom. The van der Waals surface area contributed by atoms with Crippen LogP contribution < -0.4 is 21.7 Å². The minimum atomic E-state index is -1.05. The molecule has 2 atom stereocenters. The lowest BCUT2D eigenvalue weighted by Gasteiger charge is -2.31. The first-order valence-corrected chi connectivity index (χ1v) is 14.2. The fourth-order valence-corrected chi connectivity index (χ4v) is 5.04. The number of likely N-dealkylation sites (N-methyl/N-ethyl adjacent to an activating group) is 1. The van der Waals surface area contributed by atoms with Gasteiger partial charge < -0.3 is 40.6 Å². The molecule has 0 spiro atoms. The van der Waals surface area contributed by atoms with E-state index in [4.69, 9.17) is 19.9 Å². The van der Waals surface area contributed by atoms with Crippen molar-refractivity contribution in [3.63, 3.8) is 0 Å². The topological polar surface area (TPSA) is 180 Å². The first-order chi connectivity index (χ1) is 20.4. The first-order valence-electron chi connectivity index (χ1n) is 14.2. The molecule has 42 heavy (non-hydrogen) atoms. The number of aliphatic hydroxyl groups is 1. The minimum Gasteiger partial charge on any atom is -0.382 e. The summed E-state index contributed by atoms with van der Waals surface area (Å²) in [5, 5.41) is 20.2. The number of nitrogens with one attached hydrogen (secondary N) is 3. The van der Waals surface area contributed by atoms with E-state index in [1.807, 2.05) is 12.1 Å². The summed E-state index contributed by atoms with van der Waals surface area (Å²) in [4.78, 5) is 44.5. The van der Waals surface area contributed by atoms with Crippen LogP contribution in [0.25, 0.3) is 0 Å². The molecule has 3 amide bonds. The largest absolute Gasteiger partial charge is 0.382 e. The lowest BCUT2D eigenvalue weighted by atomic mass is 10.0. The standard InChI is InChI=1S/C28H41N7O7/c1-34(16-19-4-5-30-14-19)26(37)15-32-20-12-21-22(17-35(28(21)39)24-2-3-25(36)33-27(24)38)23(13-20)31-6-7-40-8-9-41-10-11-42-18-29/h4,12-14,24,28,31-32,39H,2-3,5-11,15-18,29H2,1H3,(H,33,36,38). The number of fused-ring (bicyclic) bond motifs is 1. The number of benzene rings is 1. The van der Waals surface area contributed by atoms with E-state index in [0.717, 1.165) is 16.8 Å². The van der Waals surface area contributed by atoms with Gasteiger partial charge >= 0.3 is 0 Å². The molecule has 14 heteroatoms. The second-order valence-corrected chi connectivity index (χ2v) is 10.2. The summed E-state index contributed by atoms with van der Waals surface area (Å²) in [6.45, 7) is 4.30. The van der Waals surface area contributed by atoms with E-state index in [0.29, 0.717) is 76.9 Å². The molecule has 0 radical (unpaired) electrons. The molecule has 14 nitrogen and oxygen atoms in total. The van der Waals surface area contributed by atoms with E-state index in [1.54, 1.807) is 29.1 Å². The Balaban J connectivity index is 1.38. The van der Waals surface area contributed by atoms with Crippen LogP contribution in [0.5, 0.6) is 0 Å². The average molecular weight is 588 g/mol. The highest BCUT2D eigenvalue weighted by atomic mass is 16.5. The zero-order valence-electron chi connectivity index (χ0n) is 24.0. The number of aliphatic imine (C=N–C) groups is 1. The molecule has 6 N–H and O–H groups in total. The lowest BCUT2D eigenvalue weighted by Crippen LogP contribution is -2.51. The summed E-state index contributed by atoms with van der Waals surface area (Å²) >= 11 is 0. The Labute approximate surface area is 245 Å². The molecular formula is C28H41N7O7. The lowest BCUT2D eigenvalue weighted by molar-refractivity contribution is -0.141. The quantitative estimate of drug-likeness (QED) is 0.0906. The van der Waals surface area contributed by atoms with Crippen LogP contribution in [0.2, 0.25) is 0 Å². The molecule has 1 saturated heterocycles. The third-order valence-electron chi connectivity index (χ3n) is 7.26. The predicted octanol–water partition coefficient (Wildman–Crippen LogP) is -0.443. The van der Waals surface area contributed by atoms with Crippen molar-refractivity contribution in [2.24, 2.45) is 10.7 Å². The summed E-state index contributed by atoms with van der Waals surface area (Å²) in [7, 11) is 1.74. The third kappa shape index (κ3) is 8.56. The SMILES string of the molecule is CN(CC1=CCN=C1)C(=O)CNc1cc(NCCOCCOCCOCN)c2c(c1)C(O)N(C1CCC(=O)NC1=O)C2. The predicted molar refractivity (Wildman–Crippen MR) is 156 cm³/mol. The summed E-state index contributed by atoms with van der Waals surface area (Å²) in [6.07, 6.45) is 3.27. The maximum atomic E-state index is 12.8. The number of rotatable bonds is 17. The third-order valence-corrected chi connectivity index (χ3v) is 7.26. The van der Waals surface area contributed by atoms with E-state index in [1.165, 1.54) is 0 Å². The van der Waals surface area contributed by atoms with Crippen molar-refractivity contribution in [2.45, 2.75) is 31.7 Å². The maximum Gasteiger partial charge on any atom is 0.244 e. The van der Waals surface area contributed by atoms with Crippen molar-refractivity contribution in [3.05, 3.63) is 34.9 Å². The minimum absolute atomic E-state index is 0.0610. The zero-order chi connectivity index (χ0) is 29.9. The summed E-state index contributed by atoms with van der Waals surface area (Å²) < 4.78 is 16.1. The molecule has 4 rings (SSSR count).